The fourth-order valence-electron chi connectivity index (χ4n) is 2.82. The van der Waals surface area contributed by atoms with Gasteiger partial charge in [0.15, 0.2) is 10.8 Å². The summed E-state index contributed by atoms with van der Waals surface area (Å²) in [6.45, 7) is 0. The third kappa shape index (κ3) is 3.67. The molecule has 29 heavy (non-hydrogen) atoms. The molecule has 1 amide bonds. The molecule has 1 aliphatic rings. The second-order valence-corrected chi connectivity index (χ2v) is 8.23. The number of fused-ring (bicyclic) bond motifs is 1. The van der Waals surface area contributed by atoms with Gasteiger partial charge in [-0.3, -0.25) is 4.79 Å². The monoisotopic (exact) mass is 419 g/mol. The number of aromatic hydroxyl groups is 1. The molecule has 2 N–H and O–H groups in total. The molecule has 0 saturated carbocycles. The summed E-state index contributed by atoms with van der Waals surface area (Å²) in [4.78, 5) is 21.6. The maximum Gasteiger partial charge on any atom is 0.289 e. The maximum absolute atomic E-state index is 11.9. The van der Waals surface area contributed by atoms with Crippen LogP contribution in [-0.2, 0) is 0 Å². The normalized spacial score (nSPS) is 16.8. The summed E-state index contributed by atoms with van der Waals surface area (Å²) in [6.07, 6.45) is 1.78. The molecule has 4 aromatic rings. The Morgan fingerprint density at radius 1 is 1.07 bits per heavy atom. The number of rotatable bonds is 3. The maximum atomic E-state index is 11.9. The number of aromatic nitrogens is 1. The van der Waals surface area contributed by atoms with Crippen LogP contribution in [0.25, 0.3) is 27.1 Å². The zero-order valence-corrected chi connectivity index (χ0v) is 16.5. The second-order valence-electron chi connectivity index (χ2n) is 6.19. The van der Waals surface area contributed by atoms with Crippen LogP contribution >= 0.6 is 23.1 Å². The lowest BCUT2D eigenvalue weighted by atomic mass is 10.3. The number of furan rings is 1. The summed E-state index contributed by atoms with van der Waals surface area (Å²) in [5.74, 6) is 1.89. The number of para-hydroxylation sites is 1. The van der Waals surface area contributed by atoms with Crippen LogP contribution in [0.15, 0.2) is 75.0 Å². The molecule has 0 unspecified atom stereocenters. The molecular weight excluding hydrogens is 406 g/mol. The van der Waals surface area contributed by atoms with Gasteiger partial charge in [0.2, 0.25) is 0 Å². The van der Waals surface area contributed by atoms with Gasteiger partial charge in [0.05, 0.1) is 20.8 Å². The number of hydrogen-bond donors (Lipinski definition) is 2. The summed E-state index contributed by atoms with van der Waals surface area (Å²) < 4.78 is 7.04. The topological polar surface area (TPSA) is 87.7 Å². The van der Waals surface area contributed by atoms with Gasteiger partial charge >= 0.3 is 0 Å². The van der Waals surface area contributed by atoms with Gasteiger partial charge in [-0.15, -0.1) is 11.3 Å². The molecule has 0 atom stereocenters. The van der Waals surface area contributed by atoms with Crippen molar-refractivity contribution in [2.45, 2.75) is 0 Å². The molecule has 1 fully saturated rings. The summed E-state index contributed by atoms with van der Waals surface area (Å²) in [5.41, 5.74) is 1.56. The van der Waals surface area contributed by atoms with Gasteiger partial charge in [-0.05, 0) is 66.4 Å². The number of nitrogens with one attached hydrogen (secondary N) is 1. The van der Waals surface area contributed by atoms with Crippen LogP contribution in [-0.4, -0.2) is 21.2 Å². The van der Waals surface area contributed by atoms with E-state index in [0.717, 1.165) is 27.0 Å². The number of phenols is 1. The number of thioether (sulfide) groups is 1. The third-order valence-electron chi connectivity index (χ3n) is 4.15. The van der Waals surface area contributed by atoms with E-state index in [0.29, 0.717) is 27.9 Å². The summed E-state index contributed by atoms with van der Waals surface area (Å²) in [7, 11) is 0. The molecule has 3 heterocycles. The first-order valence-electron chi connectivity index (χ1n) is 8.68. The molecule has 1 saturated heterocycles. The molecule has 5 rings (SSSR count). The van der Waals surface area contributed by atoms with E-state index in [1.807, 2.05) is 36.4 Å². The van der Waals surface area contributed by atoms with Gasteiger partial charge in [0, 0.05) is 0 Å². The minimum Gasteiger partial charge on any atom is -0.508 e. The number of carbonyl (C=O) groups excluding carboxylic acids is 1. The summed E-state index contributed by atoms with van der Waals surface area (Å²) in [6, 6.07) is 18.1. The fraction of sp³-hybridized carbons (Fsp3) is 0. The van der Waals surface area contributed by atoms with E-state index in [2.05, 4.69) is 15.3 Å². The Kier molecular flexibility index (Phi) is 4.42. The van der Waals surface area contributed by atoms with Crippen molar-refractivity contribution < 1.29 is 14.3 Å². The van der Waals surface area contributed by atoms with Crippen LogP contribution < -0.4 is 5.32 Å². The average molecular weight is 419 g/mol. The number of phenolic OH excluding ortho intramolecular Hbond substituents is 1. The number of nitrogens with zero attached hydrogens (tertiary/aromatic N) is 2. The Hall–Kier alpha value is -3.36. The van der Waals surface area contributed by atoms with E-state index in [4.69, 9.17) is 4.42 Å². The Morgan fingerprint density at radius 2 is 1.90 bits per heavy atom. The molecule has 2 aromatic heterocycles. The molecule has 0 bridgehead atoms. The second kappa shape index (κ2) is 7.23. The van der Waals surface area contributed by atoms with Crippen molar-refractivity contribution in [2.75, 3.05) is 0 Å². The Bertz CT molecular complexity index is 1250. The fourth-order valence-corrected chi connectivity index (χ4v) is 4.46. The molecule has 0 aliphatic carbocycles. The SMILES string of the molecule is O=C1NC(=Nc2ccc(O)cc2)/C(=C/c2ccc(-c3nc4ccccc4s3)o2)S1. The average Bonchev–Trinajstić information content (AvgIpc) is 3.42. The zero-order valence-electron chi connectivity index (χ0n) is 14.8. The molecule has 8 heteroatoms. The molecule has 142 valence electrons. The molecule has 0 radical (unpaired) electrons. The minimum absolute atomic E-state index is 0.160. The van der Waals surface area contributed by atoms with Gasteiger partial charge < -0.3 is 14.8 Å². The number of thiazole rings is 1. The van der Waals surface area contributed by atoms with Gasteiger partial charge in [0.25, 0.3) is 5.24 Å². The van der Waals surface area contributed by atoms with Crippen LogP contribution in [0.4, 0.5) is 10.5 Å². The van der Waals surface area contributed by atoms with Crippen LogP contribution in [0.1, 0.15) is 5.76 Å². The van der Waals surface area contributed by atoms with Crippen LogP contribution in [0.3, 0.4) is 0 Å². The molecule has 0 spiro atoms. The van der Waals surface area contributed by atoms with Crippen molar-refractivity contribution >= 4 is 56.2 Å². The lowest BCUT2D eigenvalue weighted by molar-refractivity contribution is 0.265. The van der Waals surface area contributed by atoms with Crippen LogP contribution in [0, 0.1) is 0 Å². The van der Waals surface area contributed by atoms with E-state index in [1.165, 1.54) is 0 Å². The summed E-state index contributed by atoms with van der Waals surface area (Å²) in [5, 5.41) is 12.7. The number of amides is 1. The highest BCUT2D eigenvalue weighted by atomic mass is 32.2. The highest BCUT2D eigenvalue weighted by Gasteiger charge is 2.24. The van der Waals surface area contributed by atoms with E-state index in [9.17, 15) is 9.90 Å². The van der Waals surface area contributed by atoms with E-state index < -0.39 is 0 Å². The number of carbonyl (C=O) groups is 1. The highest BCUT2D eigenvalue weighted by Crippen LogP contribution is 2.33. The summed E-state index contributed by atoms with van der Waals surface area (Å²) >= 11 is 2.63. The lowest BCUT2D eigenvalue weighted by Gasteiger charge is -1.99. The largest absolute Gasteiger partial charge is 0.508 e. The van der Waals surface area contributed by atoms with Crippen LogP contribution in [0.5, 0.6) is 5.75 Å². The first-order chi connectivity index (χ1) is 14.1. The van der Waals surface area contributed by atoms with Gasteiger partial charge in [-0.25, -0.2) is 9.98 Å². The molecule has 1 aliphatic heterocycles. The van der Waals surface area contributed by atoms with Crippen molar-refractivity contribution in [3.8, 4) is 16.5 Å². The van der Waals surface area contributed by atoms with E-state index in [-0.39, 0.29) is 11.0 Å². The van der Waals surface area contributed by atoms with Crippen molar-refractivity contribution in [1.82, 2.24) is 10.3 Å². The zero-order chi connectivity index (χ0) is 19.8. The smallest absolute Gasteiger partial charge is 0.289 e. The van der Waals surface area contributed by atoms with E-state index in [1.54, 1.807) is 41.7 Å². The standard InChI is InChI=1S/C21H13N3O3S2/c25-13-7-5-12(6-8-13)22-19-18(29-21(26)24-19)11-14-9-10-16(27-14)20-23-15-3-1-2-4-17(15)28-20/h1-11,25H,(H,22,24,26)/b18-11-. The third-order valence-corrected chi connectivity index (χ3v) is 6.02. The number of benzene rings is 2. The van der Waals surface area contributed by atoms with Crippen molar-refractivity contribution in [2.24, 2.45) is 4.99 Å². The number of hydrogen-bond acceptors (Lipinski definition) is 7. The first-order valence-corrected chi connectivity index (χ1v) is 10.3. The van der Waals surface area contributed by atoms with Crippen molar-refractivity contribution in [3.05, 3.63) is 71.3 Å². The van der Waals surface area contributed by atoms with Gasteiger partial charge in [-0.2, -0.15) is 0 Å². The molecular formula is C21H13N3O3S2. The predicted molar refractivity (Wildman–Crippen MR) is 117 cm³/mol. The Morgan fingerprint density at radius 3 is 2.72 bits per heavy atom. The van der Waals surface area contributed by atoms with Gasteiger partial charge in [0.1, 0.15) is 17.3 Å². The van der Waals surface area contributed by atoms with E-state index >= 15 is 0 Å². The first kappa shape index (κ1) is 17.7. The highest BCUT2D eigenvalue weighted by molar-refractivity contribution is 8.18. The predicted octanol–water partition coefficient (Wildman–Crippen LogP) is 5.79. The van der Waals surface area contributed by atoms with Crippen LogP contribution in [0.2, 0.25) is 0 Å². The molecule has 6 nitrogen and oxygen atoms in total. The number of aliphatic imine (C=N–C) groups is 1. The lowest BCUT2D eigenvalue weighted by Crippen LogP contribution is -2.18. The quantitative estimate of drug-likeness (QED) is 0.439. The van der Waals surface area contributed by atoms with Gasteiger partial charge in [-0.1, -0.05) is 12.1 Å². The number of amidine groups is 1. The van der Waals surface area contributed by atoms with Crippen molar-refractivity contribution in [3.63, 3.8) is 0 Å². The Labute approximate surface area is 173 Å². The van der Waals surface area contributed by atoms with Crippen molar-refractivity contribution in [1.29, 1.82) is 0 Å². The molecule has 2 aromatic carbocycles. The Balaban J connectivity index is 1.46. The minimum atomic E-state index is -0.202.